The van der Waals surface area contributed by atoms with Crippen LogP contribution in [0.3, 0.4) is 0 Å². The average Bonchev–Trinajstić information content (AvgIpc) is 3.43. The molecule has 3 aliphatic heterocycles. The number of imide groups is 1. The van der Waals surface area contributed by atoms with E-state index < -0.39 is 16.9 Å². The van der Waals surface area contributed by atoms with Crippen LogP contribution in [0.4, 0.5) is 11.4 Å². The van der Waals surface area contributed by atoms with Crippen molar-refractivity contribution in [2.45, 2.75) is 17.9 Å². The van der Waals surface area contributed by atoms with E-state index in [-0.39, 0.29) is 24.1 Å². The molecule has 3 atom stereocenters. The molecule has 1 N–H and O–H groups in total. The van der Waals surface area contributed by atoms with E-state index in [1.165, 1.54) is 4.90 Å². The quantitative estimate of drug-likeness (QED) is 0.545. The number of halogens is 1. The van der Waals surface area contributed by atoms with Crippen LogP contribution >= 0.6 is 11.6 Å². The lowest BCUT2D eigenvalue weighted by molar-refractivity contribution is -0.142. The number of hydrogen-bond acceptors (Lipinski definition) is 5. The SMILES string of the molecule is COc1ccc(N2C(=O)C[C@@]3(C2=O)[C@@H](c2ccc(Cl)cc2)CN(C)[C@@]32C(=O)Nc3ccccc32)cc1. The van der Waals surface area contributed by atoms with Gasteiger partial charge in [0, 0.05) is 35.2 Å². The molecule has 2 saturated heterocycles. The van der Waals surface area contributed by atoms with Gasteiger partial charge < -0.3 is 10.1 Å². The molecule has 8 heteroatoms. The summed E-state index contributed by atoms with van der Waals surface area (Å²) in [6.45, 7) is 0.416. The van der Waals surface area contributed by atoms with Crippen LogP contribution in [0.5, 0.6) is 5.75 Å². The van der Waals surface area contributed by atoms with Gasteiger partial charge in [-0.05, 0) is 55.1 Å². The summed E-state index contributed by atoms with van der Waals surface area (Å²) in [5, 5.41) is 3.57. The Hall–Kier alpha value is -3.68. The number of carbonyl (C=O) groups excluding carboxylic acids is 3. The van der Waals surface area contributed by atoms with Crippen LogP contribution in [0.15, 0.2) is 72.8 Å². The largest absolute Gasteiger partial charge is 0.497 e. The lowest BCUT2D eigenvalue weighted by Gasteiger charge is -2.42. The first-order valence-corrected chi connectivity index (χ1v) is 12.1. The molecule has 3 aromatic rings. The molecule has 0 aromatic heterocycles. The first kappa shape index (κ1) is 22.8. The second kappa shape index (κ2) is 7.91. The number of para-hydroxylation sites is 1. The summed E-state index contributed by atoms with van der Waals surface area (Å²) >= 11 is 6.17. The molecule has 36 heavy (non-hydrogen) atoms. The van der Waals surface area contributed by atoms with Gasteiger partial charge in [-0.1, -0.05) is 41.9 Å². The number of nitrogens with zero attached hydrogens (tertiary/aromatic N) is 2. The van der Waals surface area contributed by atoms with Crippen LogP contribution < -0.4 is 15.0 Å². The van der Waals surface area contributed by atoms with Gasteiger partial charge in [-0.3, -0.25) is 19.3 Å². The van der Waals surface area contributed by atoms with Crippen LogP contribution in [-0.2, 0) is 19.9 Å². The zero-order chi connectivity index (χ0) is 25.2. The van der Waals surface area contributed by atoms with Crippen molar-refractivity contribution >= 4 is 40.7 Å². The van der Waals surface area contributed by atoms with E-state index in [9.17, 15) is 14.4 Å². The summed E-state index contributed by atoms with van der Waals surface area (Å²) in [6, 6.07) is 21.6. The Morgan fingerprint density at radius 3 is 2.36 bits per heavy atom. The van der Waals surface area contributed by atoms with E-state index >= 15 is 0 Å². The van der Waals surface area contributed by atoms with Crippen molar-refractivity contribution in [2.75, 3.05) is 30.9 Å². The van der Waals surface area contributed by atoms with E-state index in [1.807, 2.05) is 48.3 Å². The highest BCUT2D eigenvalue weighted by atomic mass is 35.5. The number of hydrogen-bond donors (Lipinski definition) is 1. The number of amides is 3. The van der Waals surface area contributed by atoms with E-state index in [4.69, 9.17) is 16.3 Å². The molecular weight excluding hydrogens is 478 g/mol. The molecule has 0 bridgehead atoms. The Morgan fingerprint density at radius 1 is 0.972 bits per heavy atom. The fourth-order valence-corrected chi connectivity index (χ4v) is 6.69. The van der Waals surface area contributed by atoms with Crippen molar-refractivity contribution in [1.82, 2.24) is 4.90 Å². The summed E-state index contributed by atoms with van der Waals surface area (Å²) in [4.78, 5) is 45.5. The predicted molar refractivity (Wildman–Crippen MR) is 136 cm³/mol. The number of benzene rings is 3. The molecule has 3 aromatic carbocycles. The van der Waals surface area contributed by atoms with Gasteiger partial charge in [0.25, 0.3) is 5.91 Å². The number of carbonyl (C=O) groups is 3. The maximum Gasteiger partial charge on any atom is 0.250 e. The van der Waals surface area contributed by atoms with Gasteiger partial charge in [-0.15, -0.1) is 0 Å². The van der Waals surface area contributed by atoms with Crippen molar-refractivity contribution in [2.24, 2.45) is 5.41 Å². The highest BCUT2D eigenvalue weighted by molar-refractivity contribution is 6.30. The number of fused-ring (bicyclic) bond motifs is 3. The number of anilines is 2. The van der Waals surface area contributed by atoms with Gasteiger partial charge in [0.15, 0.2) is 0 Å². The van der Waals surface area contributed by atoms with Crippen molar-refractivity contribution in [3.63, 3.8) is 0 Å². The summed E-state index contributed by atoms with van der Waals surface area (Å²) in [7, 11) is 3.41. The Balaban J connectivity index is 1.60. The molecule has 3 amide bonds. The third kappa shape index (κ3) is 2.75. The summed E-state index contributed by atoms with van der Waals surface area (Å²) < 4.78 is 5.25. The van der Waals surface area contributed by atoms with Gasteiger partial charge in [0.1, 0.15) is 11.3 Å². The fraction of sp³-hybridized carbons (Fsp3) is 0.250. The number of methoxy groups -OCH3 is 1. The molecule has 3 heterocycles. The Labute approximate surface area is 213 Å². The second-order valence-corrected chi connectivity index (χ2v) is 10.0. The Morgan fingerprint density at radius 2 is 1.67 bits per heavy atom. The van der Waals surface area contributed by atoms with Crippen molar-refractivity contribution < 1.29 is 19.1 Å². The van der Waals surface area contributed by atoms with Gasteiger partial charge >= 0.3 is 0 Å². The fourth-order valence-electron chi connectivity index (χ4n) is 6.56. The molecule has 6 rings (SSSR count). The average molecular weight is 502 g/mol. The van der Waals surface area contributed by atoms with Crippen LogP contribution in [-0.4, -0.2) is 43.3 Å². The zero-order valence-corrected chi connectivity index (χ0v) is 20.6. The standard InChI is InChI=1S/C28H24ClN3O4/c1-31-16-22(17-7-9-18(29)10-8-17)27(28(31)21-5-3-4-6-23(21)30-25(28)34)15-24(33)32(26(27)35)19-11-13-20(36-2)14-12-19/h3-14,22H,15-16H2,1-2H3,(H,30,34)/t22-,27+,28+/m1/s1. The van der Waals surface area contributed by atoms with Crippen molar-refractivity contribution in [1.29, 1.82) is 0 Å². The molecular formula is C28H24ClN3O4. The van der Waals surface area contributed by atoms with E-state index in [1.54, 1.807) is 43.5 Å². The molecule has 0 saturated carbocycles. The van der Waals surface area contributed by atoms with E-state index in [0.717, 1.165) is 5.56 Å². The van der Waals surface area contributed by atoms with Crippen LogP contribution in [0.2, 0.25) is 5.02 Å². The van der Waals surface area contributed by atoms with Crippen LogP contribution in [0, 0.1) is 5.41 Å². The highest BCUT2D eigenvalue weighted by Gasteiger charge is 2.77. The van der Waals surface area contributed by atoms with Crippen molar-refractivity contribution in [3.8, 4) is 5.75 Å². The third-order valence-electron chi connectivity index (χ3n) is 8.03. The highest BCUT2D eigenvalue weighted by Crippen LogP contribution is 2.66. The topological polar surface area (TPSA) is 79.0 Å². The number of ether oxygens (including phenoxy) is 1. The van der Waals surface area contributed by atoms with E-state index in [2.05, 4.69) is 5.32 Å². The molecule has 2 spiro atoms. The smallest absolute Gasteiger partial charge is 0.250 e. The van der Waals surface area contributed by atoms with Gasteiger partial charge in [0.05, 0.1) is 18.2 Å². The summed E-state index contributed by atoms with van der Waals surface area (Å²) in [5.41, 5.74) is -0.0159. The molecule has 0 radical (unpaired) electrons. The lowest BCUT2D eigenvalue weighted by Crippen LogP contribution is -2.58. The second-order valence-electron chi connectivity index (χ2n) is 9.58. The lowest BCUT2D eigenvalue weighted by atomic mass is 9.60. The van der Waals surface area contributed by atoms with Gasteiger partial charge in [-0.25, -0.2) is 4.90 Å². The van der Waals surface area contributed by atoms with Crippen LogP contribution in [0.1, 0.15) is 23.5 Å². The molecule has 0 aliphatic carbocycles. The minimum Gasteiger partial charge on any atom is -0.497 e. The minimum absolute atomic E-state index is 0.1000. The van der Waals surface area contributed by atoms with E-state index in [0.29, 0.717) is 34.3 Å². The number of likely N-dealkylation sites (N-methyl/N-ethyl adjacent to an activating group) is 1. The third-order valence-corrected chi connectivity index (χ3v) is 8.28. The maximum atomic E-state index is 14.6. The zero-order valence-electron chi connectivity index (χ0n) is 19.8. The predicted octanol–water partition coefficient (Wildman–Crippen LogP) is 4.18. The Kier molecular flexibility index (Phi) is 5.00. The summed E-state index contributed by atoms with van der Waals surface area (Å²) in [6.07, 6.45) is -0.1000. The van der Waals surface area contributed by atoms with Gasteiger partial charge in [0.2, 0.25) is 11.8 Å². The monoisotopic (exact) mass is 501 g/mol. The summed E-state index contributed by atoms with van der Waals surface area (Å²) in [5.74, 6) is -0.811. The van der Waals surface area contributed by atoms with Gasteiger partial charge in [-0.2, -0.15) is 0 Å². The first-order valence-electron chi connectivity index (χ1n) is 11.7. The number of rotatable bonds is 3. The number of likely N-dealkylation sites (tertiary alicyclic amines) is 1. The minimum atomic E-state index is -1.36. The maximum absolute atomic E-state index is 14.6. The first-order chi connectivity index (χ1) is 17.3. The molecule has 7 nitrogen and oxygen atoms in total. The normalized spacial score (nSPS) is 27.2. The molecule has 3 aliphatic rings. The molecule has 2 fully saturated rings. The number of nitrogens with one attached hydrogen (secondary N) is 1. The Bertz CT molecular complexity index is 1410. The molecule has 0 unspecified atom stereocenters. The van der Waals surface area contributed by atoms with Crippen LogP contribution in [0.25, 0.3) is 0 Å². The van der Waals surface area contributed by atoms with Crippen molar-refractivity contribution in [3.05, 3.63) is 88.9 Å². The molecule has 182 valence electrons.